The van der Waals surface area contributed by atoms with Crippen LogP contribution in [0.3, 0.4) is 0 Å². The average molecular weight is 490 g/mol. The number of methoxy groups -OCH3 is 1. The molecule has 0 aliphatic rings. The molecule has 2 aromatic heterocycles. The van der Waals surface area contributed by atoms with Crippen LogP contribution in [0.15, 0.2) is 78.2 Å². The van der Waals surface area contributed by atoms with Crippen LogP contribution in [-0.2, 0) is 4.79 Å². The Morgan fingerprint density at radius 2 is 1.80 bits per heavy atom. The lowest BCUT2D eigenvalue weighted by Crippen LogP contribution is -2.28. The molecule has 4 rings (SSSR count). The molecule has 0 saturated heterocycles. The normalized spacial score (nSPS) is 11.6. The molecule has 8 nitrogen and oxygen atoms in total. The van der Waals surface area contributed by atoms with Crippen molar-refractivity contribution < 1.29 is 14.3 Å². The molecule has 180 valence electrons. The van der Waals surface area contributed by atoms with Gasteiger partial charge in [-0.25, -0.2) is 0 Å². The molecule has 1 N–H and O–H groups in total. The lowest BCUT2D eigenvalue weighted by molar-refractivity contribution is -0.119. The van der Waals surface area contributed by atoms with Crippen LogP contribution >= 0.6 is 11.8 Å². The second kappa shape index (κ2) is 11.5. The number of nitrogens with one attached hydrogen (secondary N) is 1. The minimum atomic E-state index is -0.199. The molecule has 0 saturated carbocycles. The van der Waals surface area contributed by atoms with E-state index in [1.165, 1.54) is 11.8 Å². The van der Waals surface area contributed by atoms with Crippen molar-refractivity contribution in [3.8, 4) is 28.6 Å². The lowest BCUT2D eigenvalue weighted by atomic mass is 10.1. The number of hydrogen-bond acceptors (Lipinski definition) is 7. The fraction of sp³-hybridized carbons (Fsp3) is 0.231. The number of benzene rings is 2. The Kier molecular flexibility index (Phi) is 7.99. The molecule has 0 bridgehead atoms. The number of aromatic nitrogens is 4. The molecule has 2 aromatic carbocycles. The summed E-state index contributed by atoms with van der Waals surface area (Å²) in [5.41, 5.74) is 2.67. The van der Waals surface area contributed by atoms with Crippen LogP contribution < -0.4 is 14.8 Å². The monoisotopic (exact) mass is 489 g/mol. The summed E-state index contributed by atoms with van der Waals surface area (Å²) in [4.78, 5) is 16.9. The standard InChI is InChI=1S/C26H27N5O3S/c1-4-34-21-11-9-20(10-12-21)31-25(19-13-15-27-16-14-19)29-30-26(31)35-17-24(32)28-18(2)22-7-5-6-8-23(22)33-3/h5-16,18H,4,17H2,1-3H3,(H,28,32)/t18-/m0/s1. The van der Waals surface area contributed by atoms with E-state index < -0.39 is 0 Å². The number of pyridine rings is 1. The van der Waals surface area contributed by atoms with Crippen molar-refractivity contribution in [2.45, 2.75) is 25.0 Å². The van der Waals surface area contributed by atoms with Crippen LogP contribution in [-0.4, -0.2) is 45.1 Å². The number of para-hydroxylation sites is 1. The van der Waals surface area contributed by atoms with Gasteiger partial charge in [0.1, 0.15) is 11.5 Å². The Labute approximate surface area is 208 Å². The maximum Gasteiger partial charge on any atom is 0.230 e. The molecule has 0 aliphatic carbocycles. The van der Waals surface area contributed by atoms with E-state index in [0.717, 1.165) is 28.3 Å². The predicted octanol–water partition coefficient (Wildman–Crippen LogP) is 4.71. The largest absolute Gasteiger partial charge is 0.496 e. The summed E-state index contributed by atoms with van der Waals surface area (Å²) in [6.07, 6.45) is 3.43. The van der Waals surface area contributed by atoms with E-state index in [2.05, 4.69) is 20.5 Å². The van der Waals surface area contributed by atoms with Crippen molar-refractivity contribution in [2.24, 2.45) is 0 Å². The summed E-state index contributed by atoms with van der Waals surface area (Å²) in [7, 11) is 1.62. The van der Waals surface area contributed by atoms with Gasteiger partial charge in [-0.05, 0) is 56.3 Å². The topological polar surface area (TPSA) is 91.2 Å². The van der Waals surface area contributed by atoms with Gasteiger partial charge < -0.3 is 14.8 Å². The zero-order chi connectivity index (χ0) is 24.6. The van der Waals surface area contributed by atoms with Gasteiger partial charge in [0.05, 0.1) is 25.5 Å². The van der Waals surface area contributed by atoms with E-state index in [1.807, 2.05) is 79.1 Å². The Bertz CT molecular complexity index is 1260. The molecular weight excluding hydrogens is 462 g/mol. The summed E-state index contributed by atoms with van der Waals surface area (Å²) >= 11 is 1.33. The van der Waals surface area contributed by atoms with Crippen LogP contribution in [0.25, 0.3) is 17.1 Å². The molecule has 0 fully saturated rings. The number of carbonyl (C=O) groups is 1. The third-order valence-electron chi connectivity index (χ3n) is 5.29. The minimum Gasteiger partial charge on any atom is -0.496 e. The summed E-state index contributed by atoms with van der Waals surface area (Å²) in [5, 5.41) is 12.5. The van der Waals surface area contributed by atoms with Crippen molar-refractivity contribution in [3.05, 3.63) is 78.6 Å². The molecule has 4 aromatic rings. The van der Waals surface area contributed by atoms with Gasteiger partial charge in [0.25, 0.3) is 0 Å². The second-order valence-electron chi connectivity index (χ2n) is 7.62. The van der Waals surface area contributed by atoms with Gasteiger partial charge in [0.2, 0.25) is 5.91 Å². The maximum absolute atomic E-state index is 12.8. The first kappa shape index (κ1) is 24.3. The van der Waals surface area contributed by atoms with E-state index in [4.69, 9.17) is 9.47 Å². The lowest BCUT2D eigenvalue weighted by Gasteiger charge is -2.17. The van der Waals surface area contributed by atoms with Crippen molar-refractivity contribution in [1.29, 1.82) is 0 Å². The summed E-state index contributed by atoms with van der Waals surface area (Å²) in [5.74, 6) is 2.27. The van der Waals surface area contributed by atoms with Gasteiger partial charge in [0.15, 0.2) is 11.0 Å². The van der Waals surface area contributed by atoms with E-state index in [0.29, 0.717) is 17.6 Å². The number of carbonyl (C=O) groups excluding carboxylic acids is 1. The first-order chi connectivity index (χ1) is 17.1. The number of ether oxygens (including phenoxy) is 2. The van der Waals surface area contributed by atoms with Crippen molar-refractivity contribution in [1.82, 2.24) is 25.1 Å². The zero-order valence-electron chi connectivity index (χ0n) is 19.8. The number of thioether (sulfide) groups is 1. The van der Waals surface area contributed by atoms with Crippen molar-refractivity contribution in [3.63, 3.8) is 0 Å². The van der Waals surface area contributed by atoms with Gasteiger partial charge in [0, 0.05) is 29.2 Å². The van der Waals surface area contributed by atoms with Gasteiger partial charge in [-0.2, -0.15) is 0 Å². The Hall–Kier alpha value is -3.85. The van der Waals surface area contributed by atoms with E-state index >= 15 is 0 Å². The van der Waals surface area contributed by atoms with Crippen LogP contribution in [0.2, 0.25) is 0 Å². The number of amides is 1. The minimum absolute atomic E-state index is 0.111. The fourth-order valence-corrected chi connectivity index (χ4v) is 4.42. The van der Waals surface area contributed by atoms with Crippen LogP contribution in [0, 0.1) is 0 Å². The molecule has 1 amide bonds. The van der Waals surface area contributed by atoms with Crippen molar-refractivity contribution in [2.75, 3.05) is 19.5 Å². The van der Waals surface area contributed by atoms with Crippen LogP contribution in [0.5, 0.6) is 11.5 Å². The Morgan fingerprint density at radius 1 is 1.06 bits per heavy atom. The molecule has 2 heterocycles. The third kappa shape index (κ3) is 5.81. The number of nitrogens with zero attached hydrogens (tertiary/aromatic N) is 4. The zero-order valence-corrected chi connectivity index (χ0v) is 20.7. The molecule has 0 spiro atoms. The SMILES string of the molecule is CCOc1ccc(-n2c(SCC(=O)N[C@@H](C)c3ccccc3OC)nnc2-c2ccncc2)cc1. The van der Waals surface area contributed by atoms with Gasteiger partial charge in [-0.15, -0.1) is 10.2 Å². The summed E-state index contributed by atoms with van der Waals surface area (Å²) in [6.45, 7) is 4.48. The molecule has 0 aliphatic heterocycles. The fourth-order valence-electron chi connectivity index (χ4n) is 3.66. The highest BCUT2D eigenvalue weighted by Crippen LogP contribution is 2.29. The van der Waals surface area contributed by atoms with Crippen molar-refractivity contribution >= 4 is 17.7 Å². The molecule has 1 atom stereocenters. The van der Waals surface area contributed by atoms with Crippen LogP contribution in [0.1, 0.15) is 25.5 Å². The average Bonchev–Trinajstić information content (AvgIpc) is 3.32. The smallest absolute Gasteiger partial charge is 0.230 e. The molecule has 9 heteroatoms. The highest BCUT2D eigenvalue weighted by atomic mass is 32.2. The van der Waals surface area contributed by atoms with E-state index in [9.17, 15) is 4.79 Å². The first-order valence-electron chi connectivity index (χ1n) is 11.2. The first-order valence-corrected chi connectivity index (χ1v) is 12.2. The quantitative estimate of drug-likeness (QED) is 0.323. The highest BCUT2D eigenvalue weighted by molar-refractivity contribution is 7.99. The Morgan fingerprint density at radius 3 is 2.51 bits per heavy atom. The molecule has 0 unspecified atom stereocenters. The molecular formula is C26H27N5O3S. The second-order valence-corrected chi connectivity index (χ2v) is 8.57. The predicted molar refractivity (Wildman–Crippen MR) is 136 cm³/mol. The molecule has 35 heavy (non-hydrogen) atoms. The van der Waals surface area contributed by atoms with Gasteiger partial charge in [-0.1, -0.05) is 30.0 Å². The number of rotatable bonds is 10. The summed E-state index contributed by atoms with van der Waals surface area (Å²) in [6, 6.07) is 18.9. The Balaban J connectivity index is 1.54. The summed E-state index contributed by atoms with van der Waals surface area (Å²) < 4.78 is 12.9. The van der Waals surface area contributed by atoms with Gasteiger partial charge in [-0.3, -0.25) is 14.3 Å². The van der Waals surface area contributed by atoms with E-state index in [1.54, 1.807) is 19.5 Å². The van der Waals surface area contributed by atoms with Crippen LogP contribution in [0.4, 0.5) is 0 Å². The van der Waals surface area contributed by atoms with Gasteiger partial charge >= 0.3 is 0 Å². The third-order valence-corrected chi connectivity index (χ3v) is 6.22. The molecule has 0 radical (unpaired) electrons. The number of hydrogen-bond donors (Lipinski definition) is 1. The van der Waals surface area contributed by atoms with E-state index in [-0.39, 0.29) is 17.7 Å². The maximum atomic E-state index is 12.8. The highest BCUT2D eigenvalue weighted by Gasteiger charge is 2.19.